The molecule has 0 aliphatic heterocycles. The lowest BCUT2D eigenvalue weighted by atomic mass is 10.1. The third-order valence-corrected chi connectivity index (χ3v) is 3.76. The van der Waals surface area contributed by atoms with Crippen LogP contribution in [0.3, 0.4) is 0 Å². The van der Waals surface area contributed by atoms with E-state index in [0.29, 0.717) is 12.2 Å². The monoisotopic (exact) mass is 343 g/mol. The van der Waals surface area contributed by atoms with Crippen molar-refractivity contribution < 1.29 is 13.2 Å². The summed E-state index contributed by atoms with van der Waals surface area (Å²) in [4.78, 5) is 0. The standard InChI is InChI=1S/C15H13BrF3N/c1-10-6-7-12(8-13(10)15(17,18)19)20-9-11-4-2-3-5-14(11)16/h2-8,20H,9H2,1H3. The molecule has 0 radical (unpaired) electrons. The van der Waals surface area contributed by atoms with Crippen LogP contribution in [0.4, 0.5) is 18.9 Å². The summed E-state index contributed by atoms with van der Waals surface area (Å²) < 4.78 is 39.4. The molecule has 0 unspecified atom stereocenters. The van der Waals surface area contributed by atoms with Gasteiger partial charge in [0.15, 0.2) is 0 Å². The van der Waals surface area contributed by atoms with E-state index in [1.54, 1.807) is 6.07 Å². The normalized spacial score (nSPS) is 11.4. The average Bonchev–Trinajstić information content (AvgIpc) is 2.38. The summed E-state index contributed by atoms with van der Waals surface area (Å²) >= 11 is 3.41. The van der Waals surface area contributed by atoms with Gasteiger partial charge in [-0.3, -0.25) is 0 Å². The summed E-state index contributed by atoms with van der Waals surface area (Å²) in [5, 5.41) is 3.01. The van der Waals surface area contributed by atoms with Crippen LogP contribution in [-0.2, 0) is 12.7 Å². The average molecular weight is 344 g/mol. The Bertz CT molecular complexity index is 608. The lowest BCUT2D eigenvalue weighted by molar-refractivity contribution is -0.138. The zero-order chi connectivity index (χ0) is 14.8. The molecule has 2 aromatic rings. The highest BCUT2D eigenvalue weighted by atomic mass is 79.9. The Morgan fingerprint density at radius 1 is 1.10 bits per heavy atom. The zero-order valence-corrected chi connectivity index (χ0v) is 12.3. The maximum Gasteiger partial charge on any atom is 0.416 e. The van der Waals surface area contributed by atoms with Crippen molar-refractivity contribution in [1.82, 2.24) is 0 Å². The van der Waals surface area contributed by atoms with Gasteiger partial charge in [0.05, 0.1) is 5.56 Å². The molecular formula is C15H13BrF3N. The van der Waals surface area contributed by atoms with Crippen LogP contribution in [0.5, 0.6) is 0 Å². The second kappa shape index (κ2) is 5.87. The number of hydrogen-bond acceptors (Lipinski definition) is 1. The molecule has 1 nitrogen and oxygen atoms in total. The lowest BCUT2D eigenvalue weighted by Gasteiger charge is -2.13. The maximum atomic E-state index is 12.8. The van der Waals surface area contributed by atoms with Crippen molar-refractivity contribution in [2.24, 2.45) is 0 Å². The molecule has 5 heteroatoms. The molecule has 0 aromatic heterocycles. The van der Waals surface area contributed by atoms with Crippen molar-refractivity contribution in [3.05, 3.63) is 63.6 Å². The van der Waals surface area contributed by atoms with Gasteiger partial charge in [-0.2, -0.15) is 13.2 Å². The summed E-state index contributed by atoms with van der Waals surface area (Å²) in [5.41, 5.74) is 1.07. The van der Waals surface area contributed by atoms with Crippen LogP contribution in [0.15, 0.2) is 46.9 Å². The fourth-order valence-electron chi connectivity index (χ4n) is 1.88. The molecule has 0 bridgehead atoms. The van der Waals surface area contributed by atoms with E-state index < -0.39 is 11.7 Å². The fraction of sp³-hybridized carbons (Fsp3) is 0.200. The molecule has 20 heavy (non-hydrogen) atoms. The molecule has 1 N–H and O–H groups in total. The Balaban J connectivity index is 2.17. The number of benzene rings is 2. The van der Waals surface area contributed by atoms with Gasteiger partial charge in [-0.1, -0.05) is 40.2 Å². The summed E-state index contributed by atoms with van der Waals surface area (Å²) in [6, 6.07) is 11.9. The van der Waals surface area contributed by atoms with Crippen LogP contribution in [0.1, 0.15) is 16.7 Å². The number of alkyl halides is 3. The van der Waals surface area contributed by atoms with Crippen LogP contribution in [0, 0.1) is 6.92 Å². The molecule has 0 aliphatic rings. The summed E-state index contributed by atoms with van der Waals surface area (Å²) in [6.45, 7) is 1.92. The highest BCUT2D eigenvalue weighted by molar-refractivity contribution is 9.10. The Morgan fingerprint density at radius 3 is 2.45 bits per heavy atom. The number of hydrogen-bond donors (Lipinski definition) is 1. The largest absolute Gasteiger partial charge is 0.416 e. The van der Waals surface area contributed by atoms with E-state index in [1.165, 1.54) is 13.0 Å². The van der Waals surface area contributed by atoms with E-state index in [-0.39, 0.29) is 5.56 Å². The minimum atomic E-state index is -4.32. The summed E-state index contributed by atoms with van der Waals surface area (Å²) in [7, 11) is 0. The molecule has 2 rings (SSSR count). The predicted octanol–water partition coefficient (Wildman–Crippen LogP) is 5.39. The molecular weight excluding hydrogens is 331 g/mol. The minimum absolute atomic E-state index is 0.226. The topological polar surface area (TPSA) is 12.0 Å². The van der Waals surface area contributed by atoms with Gasteiger partial charge in [-0.25, -0.2) is 0 Å². The van der Waals surface area contributed by atoms with Gasteiger partial charge in [0.1, 0.15) is 0 Å². The number of nitrogens with one attached hydrogen (secondary N) is 1. The lowest BCUT2D eigenvalue weighted by Crippen LogP contribution is -2.09. The second-order valence-corrected chi connectivity index (χ2v) is 5.33. The van der Waals surface area contributed by atoms with Gasteiger partial charge in [-0.15, -0.1) is 0 Å². The molecule has 0 fully saturated rings. The van der Waals surface area contributed by atoms with Gasteiger partial charge in [0.2, 0.25) is 0 Å². The quantitative estimate of drug-likeness (QED) is 0.787. The molecule has 0 aliphatic carbocycles. The number of anilines is 1. The van der Waals surface area contributed by atoms with E-state index in [4.69, 9.17) is 0 Å². The molecule has 2 aromatic carbocycles. The number of halogens is 4. The van der Waals surface area contributed by atoms with Gasteiger partial charge in [0.25, 0.3) is 0 Å². The SMILES string of the molecule is Cc1ccc(NCc2ccccc2Br)cc1C(F)(F)F. The van der Waals surface area contributed by atoms with Crippen molar-refractivity contribution in [2.45, 2.75) is 19.6 Å². The van der Waals surface area contributed by atoms with Gasteiger partial charge in [0, 0.05) is 16.7 Å². The molecule has 0 saturated carbocycles. The number of rotatable bonds is 3. The molecule has 0 atom stereocenters. The first-order valence-electron chi connectivity index (χ1n) is 6.03. The Morgan fingerprint density at radius 2 is 1.80 bits per heavy atom. The smallest absolute Gasteiger partial charge is 0.381 e. The summed E-state index contributed by atoms with van der Waals surface area (Å²) in [6.07, 6.45) is -4.32. The van der Waals surface area contributed by atoms with Crippen LogP contribution < -0.4 is 5.32 Å². The summed E-state index contributed by atoms with van der Waals surface area (Å²) in [5.74, 6) is 0. The van der Waals surface area contributed by atoms with E-state index >= 15 is 0 Å². The Labute approximate surface area is 123 Å². The van der Waals surface area contributed by atoms with Crippen LogP contribution in [-0.4, -0.2) is 0 Å². The third-order valence-electron chi connectivity index (χ3n) is 2.98. The van der Waals surface area contributed by atoms with Crippen molar-refractivity contribution >= 4 is 21.6 Å². The Kier molecular flexibility index (Phi) is 4.38. The van der Waals surface area contributed by atoms with E-state index in [0.717, 1.165) is 16.1 Å². The number of aryl methyl sites for hydroxylation is 1. The highest BCUT2D eigenvalue weighted by Gasteiger charge is 2.32. The second-order valence-electron chi connectivity index (χ2n) is 4.47. The molecule has 0 spiro atoms. The predicted molar refractivity (Wildman–Crippen MR) is 77.6 cm³/mol. The molecule has 0 heterocycles. The van der Waals surface area contributed by atoms with Crippen LogP contribution >= 0.6 is 15.9 Å². The van der Waals surface area contributed by atoms with Gasteiger partial charge >= 0.3 is 6.18 Å². The van der Waals surface area contributed by atoms with Gasteiger partial charge in [-0.05, 0) is 36.2 Å². The first kappa shape index (κ1) is 14.9. The first-order valence-corrected chi connectivity index (χ1v) is 6.82. The van der Waals surface area contributed by atoms with E-state index in [9.17, 15) is 13.2 Å². The van der Waals surface area contributed by atoms with E-state index in [2.05, 4.69) is 21.2 Å². The van der Waals surface area contributed by atoms with Gasteiger partial charge < -0.3 is 5.32 Å². The van der Waals surface area contributed by atoms with Crippen LogP contribution in [0.25, 0.3) is 0 Å². The van der Waals surface area contributed by atoms with Crippen molar-refractivity contribution in [3.8, 4) is 0 Å². The van der Waals surface area contributed by atoms with E-state index in [1.807, 2.05) is 24.3 Å². The molecule has 106 valence electrons. The maximum absolute atomic E-state index is 12.8. The van der Waals surface area contributed by atoms with Crippen molar-refractivity contribution in [2.75, 3.05) is 5.32 Å². The fourth-order valence-corrected chi connectivity index (χ4v) is 2.30. The molecule has 0 saturated heterocycles. The van der Waals surface area contributed by atoms with Crippen molar-refractivity contribution in [1.29, 1.82) is 0 Å². The third kappa shape index (κ3) is 3.54. The van der Waals surface area contributed by atoms with Crippen molar-refractivity contribution in [3.63, 3.8) is 0 Å². The van der Waals surface area contributed by atoms with Crippen LogP contribution in [0.2, 0.25) is 0 Å². The Hall–Kier alpha value is -1.49. The zero-order valence-electron chi connectivity index (χ0n) is 10.8. The first-order chi connectivity index (χ1) is 9.38. The highest BCUT2D eigenvalue weighted by Crippen LogP contribution is 2.33. The minimum Gasteiger partial charge on any atom is -0.381 e. The molecule has 0 amide bonds.